The van der Waals surface area contributed by atoms with Crippen LogP contribution >= 0.6 is 0 Å². The quantitative estimate of drug-likeness (QED) is 0.270. The van der Waals surface area contributed by atoms with Crippen LogP contribution in [0, 0.1) is 5.92 Å². The second-order valence-corrected chi connectivity index (χ2v) is 8.72. The van der Waals surface area contributed by atoms with Gasteiger partial charge in [0.1, 0.15) is 23.4 Å². The van der Waals surface area contributed by atoms with E-state index in [0.29, 0.717) is 12.0 Å². The molecule has 0 aromatic heterocycles. The van der Waals surface area contributed by atoms with Crippen molar-refractivity contribution in [1.29, 1.82) is 0 Å². The van der Waals surface area contributed by atoms with Crippen LogP contribution in [0.5, 0.6) is 17.2 Å². The van der Waals surface area contributed by atoms with Gasteiger partial charge in [-0.25, -0.2) is 8.78 Å². The average Bonchev–Trinajstić information content (AvgIpc) is 2.82. The zero-order chi connectivity index (χ0) is 26.4. The van der Waals surface area contributed by atoms with Crippen LogP contribution in [0.3, 0.4) is 0 Å². The van der Waals surface area contributed by atoms with Gasteiger partial charge in [0.05, 0.1) is 6.67 Å². The molecule has 7 heteroatoms. The molecule has 0 aliphatic rings. The third-order valence-electron chi connectivity index (χ3n) is 4.88. The summed E-state index contributed by atoms with van der Waals surface area (Å²) < 4.78 is 37.9. The van der Waals surface area contributed by atoms with E-state index in [-0.39, 0.29) is 36.3 Å². The monoisotopic (exact) mass is 491 g/mol. The lowest BCUT2D eigenvalue weighted by atomic mass is 10.0. The number of aromatic hydroxyl groups is 3. The van der Waals surface area contributed by atoms with Gasteiger partial charge in [-0.2, -0.15) is 0 Å². The molecule has 4 nitrogen and oxygen atoms in total. The van der Waals surface area contributed by atoms with Crippen molar-refractivity contribution in [2.24, 2.45) is 11.7 Å². The molecule has 3 atom stereocenters. The van der Waals surface area contributed by atoms with Crippen LogP contribution in [0.25, 0.3) is 0 Å². The molecule has 0 aliphatic heterocycles. The number of benzene rings is 3. The highest BCUT2D eigenvalue weighted by atomic mass is 19.1. The molecule has 5 N–H and O–H groups in total. The third kappa shape index (κ3) is 13.3. The summed E-state index contributed by atoms with van der Waals surface area (Å²) >= 11 is 0. The molecule has 0 aliphatic carbocycles. The second kappa shape index (κ2) is 14.9. The standard InChI is InChI=1S/C10H13FO.C9H12FNO.C9H11FO/c1-8(7-11)6-9-2-4-10(12)5-3-9;1-9(10,11)6-7-2-4-8(12)5-3-7;1-2-9(10)7-3-5-8(11)6-4-7/h2-5,8,12H,6-7H2,1H3;2-5,12H,6,11H2,1H3;3-6,9,11H,2H2,1H3/t;9-;/m.0./s1. The SMILES string of the molecule is CC(CF)Cc1ccc(O)cc1.CCC(F)c1ccc(O)cc1.C[C@@](N)(F)Cc1ccc(O)cc1. The molecule has 0 amide bonds. The van der Waals surface area contributed by atoms with Gasteiger partial charge in [-0.1, -0.05) is 50.2 Å². The molecule has 0 fully saturated rings. The lowest BCUT2D eigenvalue weighted by molar-refractivity contribution is 0.199. The maximum atomic E-state index is 12.9. The highest BCUT2D eigenvalue weighted by molar-refractivity contribution is 5.28. The van der Waals surface area contributed by atoms with Crippen molar-refractivity contribution >= 4 is 0 Å². The molecule has 0 saturated carbocycles. The zero-order valence-electron chi connectivity index (χ0n) is 20.5. The van der Waals surface area contributed by atoms with E-state index in [0.717, 1.165) is 17.5 Å². The minimum Gasteiger partial charge on any atom is -0.508 e. The van der Waals surface area contributed by atoms with E-state index in [4.69, 9.17) is 21.1 Å². The van der Waals surface area contributed by atoms with Crippen molar-refractivity contribution in [1.82, 2.24) is 0 Å². The maximum Gasteiger partial charge on any atom is 0.160 e. The highest BCUT2D eigenvalue weighted by Crippen LogP contribution is 2.22. The summed E-state index contributed by atoms with van der Waals surface area (Å²) in [6, 6.07) is 19.4. The number of alkyl halides is 3. The topological polar surface area (TPSA) is 86.7 Å². The number of phenolic OH excluding ortho intramolecular Hbond substituents is 3. The number of hydrogen-bond donors (Lipinski definition) is 4. The van der Waals surface area contributed by atoms with E-state index in [9.17, 15) is 13.2 Å². The van der Waals surface area contributed by atoms with Gasteiger partial charge in [-0.3, -0.25) is 10.1 Å². The number of nitrogens with two attached hydrogens (primary N) is 1. The van der Waals surface area contributed by atoms with Gasteiger partial charge in [0.2, 0.25) is 0 Å². The zero-order valence-corrected chi connectivity index (χ0v) is 20.5. The summed E-state index contributed by atoms with van der Waals surface area (Å²) in [4.78, 5) is 0. The Labute approximate surface area is 205 Å². The minimum absolute atomic E-state index is 0.0644. The van der Waals surface area contributed by atoms with Crippen molar-refractivity contribution in [2.75, 3.05) is 6.67 Å². The number of rotatable bonds is 7. The smallest absolute Gasteiger partial charge is 0.160 e. The van der Waals surface area contributed by atoms with E-state index < -0.39 is 12.0 Å². The molecule has 3 aromatic rings. The van der Waals surface area contributed by atoms with E-state index in [1.54, 1.807) is 43.3 Å². The molecule has 0 heterocycles. The van der Waals surface area contributed by atoms with E-state index in [1.165, 1.54) is 31.2 Å². The molecule has 0 spiro atoms. The molecule has 3 aromatic carbocycles. The van der Waals surface area contributed by atoms with Gasteiger partial charge >= 0.3 is 0 Å². The fraction of sp³-hybridized carbons (Fsp3) is 0.357. The summed E-state index contributed by atoms with van der Waals surface area (Å²) in [5.41, 5.74) is 7.65. The molecule has 3 rings (SSSR count). The lowest BCUT2D eigenvalue weighted by Gasteiger charge is -2.13. The van der Waals surface area contributed by atoms with Crippen molar-refractivity contribution in [3.8, 4) is 17.2 Å². The van der Waals surface area contributed by atoms with E-state index >= 15 is 0 Å². The van der Waals surface area contributed by atoms with Crippen LogP contribution in [-0.4, -0.2) is 27.8 Å². The third-order valence-corrected chi connectivity index (χ3v) is 4.88. The van der Waals surface area contributed by atoms with E-state index in [1.807, 2.05) is 19.1 Å². The molecular weight excluding hydrogens is 455 g/mol. The Morgan fingerprint density at radius 2 is 1.20 bits per heavy atom. The van der Waals surface area contributed by atoms with Crippen molar-refractivity contribution in [3.05, 3.63) is 89.5 Å². The predicted octanol–water partition coefficient (Wildman–Crippen LogP) is 6.93. The molecule has 35 heavy (non-hydrogen) atoms. The fourth-order valence-corrected chi connectivity index (χ4v) is 3.02. The predicted molar refractivity (Wildman–Crippen MR) is 135 cm³/mol. The second-order valence-electron chi connectivity index (χ2n) is 8.72. The average molecular weight is 492 g/mol. The van der Waals surface area contributed by atoms with Gasteiger partial charge in [0.15, 0.2) is 5.79 Å². The molecule has 0 bridgehead atoms. The van der Waals surface area contributed by atoms with Crippen LogP contribution < -0.4 is 5.73 Å². The first kappa shape index (κ1) is 29.8. The number of halogens is 3. The number of hydrogen-bond acceptors (Lipinski definition) is 4. The van der Waals surface area contributed by atoms with Gasteiger partial charge in [0.25, 0.3) is 0 Å². The minimum atomic E-state index is -1.68. The van der Waals surface area contributed by atoms with Crippen molar-refractivity contribution in [2.45, 2.75) is 52.0 Å². The maximum absolute atomic E-state index is 12.9. The van der Waals surface area contributed by atoms with Gasteiger partial charge < -0.3 is 15.3 Å². The first-order valence-electron chi connectivity index (χ1n) is 11.5. The lowest BCUT2D eigenvalue weighted by Crippen LogP contribution is -2.32. The van der Waals surface area contributed by atoms with Crippen LogP contribution in [0.2, 0.25) is 0 Å². The summed E-state index contributed by atoms with van der Waals surface area (Å²) in [6.45, 7) is 4.69. The summed E-state index contributed by atoms with van der Waals surface area (Å²) in [7, 11) is 0. The normalized spacial score (nSPS) is 13.8. The Morgan fingerprint density at radius 1 is 0.800 bits per heavy atom. The Morgan fingerprint density at radius 3 is 1.57 bits per heavy atom. The molecule has 0 saturated heterocycles. The van der Waals surface area contributed by atoms with Crippen molar-refractivity contribution < 1.29 is 28.5 Å². The van der Waals surface area contributed by atoms with Crippen LogP contribution in [-0.2, 0) is 12.8 Å². The number of phenols is 3. The van der Waals surface area contributed by atoms with Gasteiger partial charge in [-0.15, -0.1) is 0 Å². The molecular formula is C28H36F3NO3. The Bertz CT molecular complexity index is 957. The largest absolute Gasteiger partial charge is 0.508 e. The van der Waals surface area contributed by atoms with E-state index in [2.05, 4.69) is 0 Å². The molecule has 0 radical (unpaired) electrons. The first-order valence-corrected chi connectivity index (χ1v) is 11.5. The highest BCUT2D eigenvalue weighted by Gasteiger charge is 2.16. The van der Waals surface area contributed by atoms with Crippen LogP contribution in [0.1, 0.15) is 50.1 Å². The summed E-state index contributed by atoms with van der Waals surface area (Å²) in [5, 5.41) is 26.8. The Balaban J connectivity index is 0.000000263. The fourth-order valence-electron chi connectivity index (χ4n) is 3.02. The Kier molecular flexibility index (Phi) is 12.7. The van der Waals surface area contributed by atoms with Gasteiger partial charge in [0, 0.05) is 6.42 Å². The van der Waals surface area contributed by atoms with Crippen molar-refractivity contribution in [3.63, 3.8) is 0 Å². The van der Waals surface area contributed by atoms with Crippen LogP contribution in [0.15, 0.2) is 72.8 Å². The summed E-state index contributed by atoms with van der Waals surface area (Å²) in [5.74, 6) is -1.01. The van der Waals surface area contributed by atoms with Gasteiger partial charge in [-0.05, 0) is 78.8 Å². The summed E-state index contributed by atoms with van der Waals surface area (Å²) in [6.07, 6.45) is 0.463. The van der Waals surface area contributed by atoms with Crippen LogP contribution in [0.4, 0.5) is 13.2 Å². The molecule has 2 unspecified atom stereocenters. The first-order chi connectivity index (χ1) is 16.4. The molecule has 192 valence electrons. The Hall–Kier alpha value is -3.19.